The van der Waals surface area contributed by atoms with Crippen LogP contribution in [0.25, 0.3) is 0 Å². The van der Waals surface area contributed by atoms with Crippen molar-refractivity contribution in [2.45, 2.75) is 50.6 Å². The Morgan fingerprint density at radius 3 is 2.34 bits per heavy atom. The Hall–Kier alpha value is -2.89. The lowest BCUT2D eigenvalue weighted by Gasteiger charge is -2.21. The molecule has 1 saturated carbocycles. The first-order valence-electron chi connectivity index (χ1n) is 10.1. The van der Waals surface area contributed by atoms with E-state index in [1.165, 1.54) is 17.7 Å². The van der Waals surface area contributed by atoms with E-state index < -0.39 is 12.1 Å². The van der Waals surface area contributed by atoms with Crippen LogP contribution in [0.2, 0.25) is 0 Å². The number of hydrogen-bond donors (Lipinski definition) is 3. The molecule has 3 amide bonds. The Bertz CT molecular complexity index is 820. The molecular formula is C23H28FN3O2. The van der Waals surface area contributed by atoms with Crippen LogP contribution in [0.4, 0.5) is 9.18 Å². The average molecular weight is 397 g/mol. The fourth-order valence-electron chi connectivity index (χ4n) is 3.44. The summed E-state index contributed by atoms with van der Waals surface area (Å²) in [4.78, 5) is 24.9. The summed E-state index contributed by atoms with van der Waals surface area (Å²) in [6.45, 7) is 2.82. The van der Waals surface area contributed by atoms with Crippen LogP contribution < -0.4 is 16.0 Å². The third-order valence-corrected chi connectivity index (χ3v) is 5.41. The fourth-order valence-corrected chi connectivity index (χ4v) is 3.44. The second-order valence-corrected chi connectivity index (χ2v) is 7.66. The minimum Gasteiger partial charge on any atom is -0.353 e. The number of nitrogens with one attached hydrogen (secondary N) is 3. The highest BCUT2D eigenvalue weighted by atomic mass is 19.1. The second kappa shape index (κ2) is 9.54. The van der Waals surface area contributed by atoms with Crippen LogP contribution in [0.5, 0.6) is 0 Å². The van der Waals surface area contributed by atoms with Crippen molar-refractivity contribution in [3.05, 3.63) is 71.5 Å². The smallest absolute Gasteiger partial charge is 0.315 e. The Morgan fingerprint density at radius 2 is 1.72 bits per heavy atom. The molecule has 0 heterocycles. The predicted octanol–water partition coefficient (Wildman–Crippen LogP) is 3.64. The number of hydrogen-bond acceptors (Lipinski definition) is 2. The Labute approximate surface area is 171 Å². The van der Waals surface area contributed by atoms with E-state index >= 15 is 0 Å². The average Bonchev–Trinajstić information content (AvgIpc) is 3.53. The third-order valence-electron chi connectivity index (χ3n) is 5.41. The highest BCUT2D eigenvalue weighted by Crippen LogP contribution is 2.47. The van der Waals surface area contributed by atoms with Crippen molar-refractivity contribution in [3.8, 4) is 0 Å². The van der Waals surface area contributed by atoms with Gasteiger partial charge in [-0.1, -0.05) is 55.8 Å². The molecule has 5 nitrogen and oxygen atoms in total. The summed E-state index contributed by atoms with van der Waals surface area (Å²) in [5, 5.41) is 8.51. The number of amides is 3. The molecule has 1 aliphatic rings. The van der Waals surface area contributed by atoms with Crippen LogP contribution in [0, 0.1) is 5.82 Å². The van der Waals surface area contributed by atoms with Gasteiger partial charge in [-0.2, -0.15) is 0 Å². The quantitative estimate of drug-likeness (QED) is 0.605. The lowest BCUT2D eigenvalue weighted by atomic mass is 9.96. The van der Waals surface area contributed by atoms with Gasteiger partial charge in [-0.05, 0) is 42.5 Å². The third kappa shape index (κ3) is 5.79. The topological polar surface area (TPSA) is 70.2 Å². The number of halogens is 1. The van der Waals surface area contributed by atoms with Crippen LogP contribution in [0.1, 0.15) is 43.7 Å². The first-order valence-corrected chi connectivity index (χ1v) is 10.1. The van der Waals surface area contributed by atoms with E-state index in [4.69, 9.17) is 0 Å². The van der Waals surface area contributed by atoms with Crippen molar-refractivity contribution >= 4 is 11.9 Å². The first kappa shape index (κ1) is 20.8. The normalized spacial score (nSPS) is 15.2. The second-order valence-electron chi connectivity index (χ2n) is 7.66. The Balaban J connectivity index is 1.50. The van der Waals surface area contributed by atoms with E-state index in [2.05, 4.69) is 28.1 Å². The molecule has 2 aromatic carbocycles. The van der Waals surface area contributed by atoms with Crippen LogP contribution >= 0.6 is 0 Å². The first-order chi connectivity index (χ1) is 14.0. The molecule has 1 fully saturated rings. The van der Waals surface area contributed by atoms with E-state index in [0.29, 0.717) is 13.0 Å². The predicted molar refractivity (Wildman–Crippen MR) is 111 cm³/mol. The van der Waals surface area contributed by atoms with Gasteiger partial charge in [0, 0.05) is 18.5 Å². The molecule has 0 saturated heterocycles. The minimum atomic E-state index is -0.584. The van der Waals surface area contributed by atoms with Gasteiger partial charge in [-0.15, -0.1) is 0 Å². The molecule has 2 aromatic rings. The summed E-state index contributed by atoms with van der Waals surface area (Å²) in [5.74, 6) is -0.479. The number of carbonyl (C=O) groups excluding carboxylic acids is 2. The molecule has 3 rings (SSSR count). The Kier molecular flexibility index (Phi) is 6.86. The van der Waals surface area contributed by atoms with Gasteiger partial charge in [0.1, 0.15) is 11.9 Å². The summed E-state index contributed by atoms with van der Waals surface area (Å²) < 4.78 is 13.0. The molecule has 0 aliphatic heterocycles. The molecule has 0 bridgehead atoms. The highest BCUT2D eigenvalue weighted by molar-refractivity contribution is 5.87. The van der Waals surface area contributed by atoms with Gasteiger partial charge >= 0.3 is 6.03 Å². The van der Waals surface area contributed by atoms with Gasteiger partial charge in [-0.25, -0.2) is 9.18 Å². The zero-order chi connectivity index (χ0) is 20.7. The van der Waals surface area contributed by atoms with Crippen molar-refractivity contribution < 1.29 is 14.0 Å². The molecule has 0 spiro atoms. The zero-order valence-corrected chi connectivity index (χ0v) is 16.7. The summed E-state index contributed by atoms with van der Waals surface area (Å²) in [5.41, 5.74) is 2.06. The van der Waals surface area contributed by atoms with Gasteiger partial charge in [0.05, 0.1) is 0 Å². The van der Waals surface area contributed by atoms with Crippen molar-refractivity contribution in [1.82, 2.24) is 16.0 Å². The number of urea groups is 1. The lowest BCUT2D eigenvalue weighted by molar-refractivity contribution is -0.123. The zero-order valence-electron chi connectivity index (χ0n) is 16.7. The summed E-state index contributed by atoms with van der Waals surface area (Å²) >= 11 is 0. The lowest BCUT2D eigenvalue weighted by Crippen LogP contribution is -2.50. The molecular weight excluding hydrogens is 369 g/mol. The molecule has 1 atom stereocenters. The largest absolute Gasteiger partial charge is 0.353 e. The van der Waals surface area contributed by atoms with Crippen LogP contribution in [0.3, 0.4) is 0 Å². The van der Waals surface area contributed by atoms with E-state index in [1.807, 2.05) is 25.1 Å². The fraction of sp³-hybridized carbons (Fsp3) is 0.391. The molecule has 154 valence electrons. The van der Waals surface area contributed by atoms with Crippen molar-refractivity contribution in [2.24, 2.45) is 0 Å². The maximum Gasteiger partial charge on any atom is 0.315 e. The van der Waals surface area contributed by atoms with Gasteiger partial charge in [0.2, 0.25) is 5.91 Å². The van der Waals surface area contributed by atoms with E-state index in [-0.39, 0.29) is 23.7 Å². The number of carbonyl (C=O) groups is 2. The SMILES string of the molecule is CCCC(NC(=O)NCc1ccc(F)cc1)C(=O)NCC1(c2ccccc2)CC1. The van der Waals surface area contributed by atoms with Crippen LogP contribution in [0.15, 0.2) is 54.6 Å². The molecule has 0 aromatic heterocycles. The summed E-state index contributed by atoms with van der Waals surface area (Å²) in [7, 11) is 0. The van der Waals surface area contributed by atoms with Crippen molar-refractivity contribution in [3.63, 3.8) is 0 Å². The van der Waals surface area contributed by atoms with Crippen molar-refractivity contribution in [1.29, 1.82) is 0 Å². The van der Waals surface area contributed by atoms with Gasteiger partial charge in [0.25, 0.3) is 0 Å². The minimum absolute atomic E-state index is 0.0263. The van der Waals surface area contributed by atoms with Gasteiger partial charge < -0.3 is 16.0 Å². The van der Waals surface area contributed by atoms with E-state index in [0.717, 1.165) is 24.8 Å². The molecule has 29 heavy (non-hydrogen) atoms. The molecule has 0 radical (unpaired) electrons. The highest BCUT2D eigenvalue weighted by Gasteiger charge is 2.44. The summed E-state index contributed by atoms with van der Waals surface area (Å²) in [6.07, 6.45) is 3.46. The molecule has 1 aliphatic carbocycles. The van der Waals surface area contributed by atoms with Gasteiger partial charge in [-0.3, -0.25) is 4.79 Å². The molecule has 1 unspecified atom stereocenters. The number of benzene rings is 2. The van der Waals surface area contributed by atoms with E-state index in [1.54, 1.807) is 12.1 Å². The number of rotatable bonds is 9. The molecule has 3 N–H and O–H groups in total. The maximum absolute atomic E-state index is 13.0. The van der Waals surface area contributed by atoms with Gasteiger partial charge in [0.15, 0.2) is 0 Å². The van der Waals surface area contributed by atoms with Crippen molar-refractivity contribution in [2.75, 3.05) is 6.54 Å². The monoisotopic (exact) mass is 397 g/mol. The Morgan fingerprint density at radius 1 is 1.03 bits per heavy atom. The molecule has 6 heteroatoms. The standard InChI is InChI=1S/C23H28FN3O2/c1-2-6-20(27-22(29)25-15-17-9-11-19(24)12-10-17)21(28)26-16-23(13-14-23)18-7-4-3-5-8-18/h3-5,7-12,20H,2,6,13-16H2,1H3,(H,26,28)(H2,25,27,29). The summed E-state index contributed by atoms with van der Waals surface area (Å²) in [6, 6.07) is 15.2. The maximum atomic E-state index is 13.0. The van der Waals surface area contributed by atoms with Crippen LogP contribution in [-0.4, -0.2) is 24.5 Å². The van der Waals surface area contributed by atoms with E-state index in [9.17, 15) is 14.0 Å². The van der Waals surface area contributed by atoms with Crippen LogP contribution in [-0.2, 0) is 16.8 Å².